The van der Waals surface area contributed by atoms with E-state index in [4.69, 9.17) is 4.98 Å². The molecule has 2 aliphatic rings. The summed E-state index contributed by atoms with van der Waals surface area (Å²) in [4.78, 5) is 7.90. The molecular weight excluding hydrogens is 444 g/mol. The predicted octanol–water partition coefficient (Wildman–Crippen LogP) is 9.34. The van der Waals surface area contributed by atoms with Gasteiger partial charge < -0.3 is 4.90 Å². The number of hydrogen-bond donors (Lipinski definition) is 0. The van der Waals surface area contributed by atoms with Crippen molar-refractivity contribution in [1.82, 2.24) is 9.88 Å². The Morgan fingerprint density at radius 1 is 0.971 bits per heavy atom. The zero-order valence-corrected chi connectivity index (χ0v) is 24.3. The van der Waals surface area contributed by atoms with Crippen LogP contribution >= 0.6 is 11.3 Å². The van der Waals surface area contributed by atoms with E-state index in [1.54, 1.807) is 0 Å². The van der Waals surface area contributed by atoms with Crippen molar-refractivity contribution >= 4 is 11.3 Å². The SMILES string of the molecule is CCCCC(CC)CCCN1CCC(c2nc(-c3ccc4c(c3)C(C)(C)CCC4(C)C)cs2)CC1. The number of fused-ring (bicyclic) bond motifs is 1. The van der Waals surface area contributed by atoms with Gasteiger partial charge in [0.25, 0.3) is 0 Å². The molecular formula is C32H50N2S. The van der Waals surface area contributed by atoms with E-state index in [0.29, 0.717) is 5.92 Å². The summed E-state index contributed by atoms with van der Waals surface area (Å²) in [6, 6.07) is 7.18. The molecule has 1 unspecified atom stereocenters. The highest BCUT2D eigenvalue weighted by Gasteiger charge is 2.37. The van der Waals surface area contributed by atoms with Crippen LogP contribution in [0.4, 0.5) is 0 Å². The lowest BCUT2D eigenvalue weighted by atomic mass is 9.63. The molecule has 2 heterocycles. The molecule has 3 heteroatoms. The molecule has 1 aliphatic heterocycles. The van der Waals surface area contributed by atoms with Crippen molar-refractivity contribution in [2.24, 2.45) is 5.92 Å². The van der Waals surface area contributed by atoms with Gasteiger partial charge in [-0.15, -0.1) is 11.3 Å². The molecule has 1 fully saturated rings. The molecule has 0 spiro atoms. The van der Waals surface area contributed by atoms with E-state index < -0.39 is 0 Å². The largest absolute Gasteiger partial charge is 0.303 e. The summed E-state index contributed by atoms with van der Waals surface area (Å²) >= 11 is 1.89. The van der Waals surface area contributed by atoms with Gasteiger partial charge in [-0.2, -0.15) is 0 Å². The fourth-order valence-corrected chi connectivity index (χ4v) is 7.41. The second kappa shape index (κ2) is 11.5. The molecule has 1 aromatic heterocycles. The standard InChI is InChI=1S/C32H50N2S/c1-7-9-11-24(8-2)12-10-19-34-20-15-25(16-21-34)30-33-29(23-35-30)26-13-14-27-28(22-26)32(5,6)18-17-31(27,3)4/h13-14,22-25H,7-12,15-21H2,1-6H3. The zero-order valence-electron chi connectivity index (χ0n) is 23.5. The Balaban J connectivity index is 1.33. The third-order valence-corrected chi connectivity index (χ3v) is 10.2. The van der Waals surface area contributed by atoms with Crippen molar-refractivity contribution in [3.63, 3.8) is 0 Å². The second-order valence-electron chi connectivity index (χ2n) is 12.8. The van der Waals surface area contributed by atoms with Gasteiger partial charge in [0, 0.05) is 16.9 Å². The zero-order chi connectivity index (χ0) is 25.1. The monoisotopic (exact) mass is 494 g/mol. The van der Waals surface area contributed by atoms with Gasteiger partial charge in [0.05, 0.1) is 10.7 Å². The van der Waals surface area contributed by atoms with E-state index in [9.17, 15) is 0 Å². The number of benzene rings is 1. The maximum absolute atomic E-state index is 5.19. The average molecular weight is 495 g/mol. The minimum absolute atomic E-state index is 0.250. The molecule has 0 N–H and O–H groups in total. The average Bonchev–Trinajstić information content (AvgIpc) is 3.35. The van der Waals surface area contributed by atoms with Crippen LogP contribution in [0.5, 0.6) is 0 Å². The van der Waals surface area contributed by atoms with Crippen LogP contribution < -0.4 is 0 Å². The van der Waals surface area contributed by atoms with E-state index in [2.05, 4.69) is 70.0 Å². The molecule has 1 aromatic carbocycles. The van der Waals surface area contributed by atoms with E-state index in [-0.39, 0.29) is 10.8 Å². The fraction of sp³-hybridized carbons (Fsp3) is 0.719. The van der Waals surface area contributed by atoms with Gasteiger partial charge in [-0.25, -0.2) is 4.98 Å². The van der Waals surface area contributed by atoms with Crippen molar-refractivity contribution < 1.29 is 0 Å². The third-order valence-electron chi connectivity index (χ3n) is 9.24. The van der Waals surface area contributed by atoms with Crippen LogP contribution in [0.1, 0.15) is 128 Å². The second-order valence-corrected chi connectivity index (χ2v) is 13.7. The molecule has 2 aromatic rings. The van der Waals surface area contributed by atoms with Crippen LogP contribution in [0, 0.1) is 5.92 Å². The van der Waals surface area contributed by atoms with Crippen LogP contribution in [0.25, 0.3) is 11.3 Å². The molecule has 1 saturated heterocycles. The van der Waals surface area contributed by atoms with Crippen molar-refractivity contribution in [2.45, 2.75) is 122 Å². The van der Waals surface area contributed by atoms with E-state index in [1.807, 2.05) is 11.3 Å². The maximum Gasteiger partial charge on any atom is 0.0964 e. The molecule has 0 radical (unpaired) electrons. The quantitative estimate of drug-likeness (QED) is 0.327. The molecule has 194 valence electrons. The predicted molar refractivity (Wildman–Crippen MR) is 154 cm³/mol. The summed E-state index contributed by atoms with van der Waals surface area (Å²) in [6.07, 6.45) is 13.4. The van der Waals surface area contributed by atoms with E-state index in [0.717, 1.165) is 5.92 Å². The van der Waals surface area contributed by atoms with Gasteiger partial charge in [-0.3, -0.25) is 0 Å². The molecule has 1 atom stereocenters. The van der Waals surface area contributed by atoms with E-state index >= 15 is 0 Å². The van der Waals surface area contributed by atoms with Gasteiger partial charge in [0.15, 0.2) is 0 Å². The normalized spacial score (nSPS) is 21.1. The first-order valence-corrected chi connectivity index (χ1v) is 15.4. The summed E-state index contributed by atoms with van der Waals surface area (Å²) in [5.41, 5.74) is 6.09. The van der Waals surface area contributed by atoms with Gasteiger partial charge in [-0.05, 0) is 92.1 Å². The number of piperidine rings is 1. The summed E-state index contributed by atoms with van der Waals surface area (Å²) in [7, 11) is 0. The van der Waals surface area contributed by atoms with Gasteiger partial charge in [0.2, 0.25) is 0 Å². The number of thiazole rings is 1. The van der Waals surface area contributed by atoms with Crippen molar-refractivity contribution in [1.29, 1.82) is 0 Å². The summed E-state index contributed by atoms with van der Waals surface area (Å²) in [5.74, 6) is 1.59. The van der Waals surface area contributed by atoms with Crippen LogP contribution in [-0.2, 0) is 10.8 Å². The Morgan fingerprint density at radius 2 is 1.66 bits per heavy atom. The maximum atomic E-state index is 5.19. The van der Waals surface area contributed by atoms with Crippen molar-refractivity contribution in [2.75, 3.05) is 19.6 Å². The van der Waals surface area contributed by atoms with Crippen molar-refractivity contribution in [3.05, 3.63) is 39.7 Å². The number of aromatic nitrogens is 1. The highest BCUT2D eigenvalue weighted by Crippen LogP contribution is 2.47. The minimum atomic E-state index is 0.250. The Kier molecular flexibility index (Phi) is 8.80. The smallest absolute Gasteiger partial charge is 0.0964 e. The lowest BCUT2D eigenvalue weighted by Gasteiger charge is -2.42. The molecule has 1 aliphatic carbocycles. The van der Waals surface area contributed by atoms with Crippen LogP contribution in [0.3, 0.4) is 0 Å². The number of hydrogen-bond acceptors (Lipinski definition) is 3. The highest BCUT2D eigenvalue weighted by atomic mass is 32.1. The number of unbranched alkanes of at least 4 members (excludes halogenated alkanes) is 1. The molecule has 4 rings (SSSR count). The summed E-state index contributed by atoms with van der Waals surface area (Å²) in [6.45, 7) is 18.1. The first-order valence-electron chi connectivity index (χ1n) is 14.6. The number of rotatable bonds is 10. The van der Waals surface area contributed by atoms with Gasteiger partial charge in [0.1, 0.15) is 0 Å². The molecule has 2 nitrogen and oxygen atoms in total. The molecule has 0 bridgehead atoms. The topological polar surface area (TPSA) is 16.1 Å². The van der Waals surface area contributed by atoms with Gasteiger partial charge in [-0.1, -0.05) is 79.4 Å². The first-order chi connectivity index (χ1) is 16.7. The lowest BCUT2D eigenvalue weighted by Crippen LogP contribution is -2.34. The third kappa shape index (κ3) is 6.39. The van der Waals surface area contributed by atoms with Gasteiger partial charge >= 0.3 is 0 Å². The van der Waals surface area contributed by atoms with Crippen molar-refractivity contribution in [3.8, 4) is 11.3 Å². The van der Waals surface area contributed by atoms with Crippen LogP contribution in [0.2, 0.25) is 0 Å². The lowest BCUT2D eigenvalue weighted by molar-refractivity contribution is 0.203. The summed E-state index contributed by atoms with van der Waals surface area (Å²) in [5, 5.41) is 3.67. The highest BCUT2D eigenvalue weighted by molar-refractivity contribution is 7.10. The number of likely N-dealkylation sites (tertiary alicyclic amines) is 1. The van der Waals surface area contributed by atoms with E-state index in [1.165, 1.54) is 111 Å². The molecule has 0 amide bonds. The number of nitrogens with zero attached hydrogens (tertiary/aromatic N) is 2. The molecule has 0 saturated carbocycles. The Bertz CT molecular complexity index is 948. The first kappa shape index (κ1) is 26.9. The Labute approximate surface area is 219 Å². The summed E-state index contributed by atoms with van der Waals surface area (Å²) < 4.78 is 0. The Morgan fingerprint density at radius 3 is 2.34 bits per heavy atom. The minimum Gasteiger partial charge on any atom is -0.303 e. The Hall–Kier alpha value is -1.19. The van der Waals surface area contributed by atoms with Crippen LogP contribution in [-0.4, -0.2) is 29.5 Å². The van der Waals surface area contributed by atoms with Crippen LogP contribution in [0.15, 0.2) is 23.6 Å². The fourth-order valence-electron chi connectivity index (χ4n) is 6.41. The molecule has 35 heavy (non-hydrogen) atoms.